The number of hydrogen-bond donors (Lipinski definition) is 1. The fourth-order valence-corrected chi connectivity index (χ4v) is 3.78. The number of para-hydroxylation sites is 1. The van der Waals surface area contributed by atoms with Crippen molar-refractivity contribution in [2.45, 2.75) is 12.5 Å². The van der Waals surface area contributed by atoms with Gasteiger partial charge in [-0.2, -0.15) is 11.3 Å². The van der Waals surface area contributed by atoms with Crippen LogP contribution in [0.1, 0.15) is 17.2 Å². The summed E-state index contributed by atoms with van der Waals surface area (Å²) in [5.41, 5.74) is 1.10. The van der Waals surface area contributed by atoms with Gasteiger partial charge in [0, 0.05) is 11.8 Å². The van der Waals surface area contributed by atoms with Crippen LogP contribution in [0.25, 0.3) is 0 Å². The van der Waals surface area contributed by atoms with Crippen LogP contribution in [0.15, 0.2) is 65.4 Å². The van der Waals surface area contributed by atoms with Gasteiger partial charge in [0.25, 0.3) is 5.91 Å². The molecule has 0 unspecified atom stereocenters. The van der Waals surface area contributed by atoms with Gasteiger partial charge in [-0.3, -0.25) is 19.3 Å². The van der Waals surface area contributed by atoms with Crippen molar-refractivity contribution >= 4 is 34.8 Å². The average molecular weight is 458 g/mol. The van der Waals surface area contributed by atoms with E-state index in [1.165, 1.54) is 23.3 Å². The molecule has 0 aliphatic carbocycles. The number of carbonyl (C=O) groups is 3. The zero-order valence-electron chi connectivity index (χ0n) is 17.1. The molecule has 0 radical (unpaired) electrons. The van der Waals surface area contributed by atoms with E-state index in [1.807, 2.05) is 0 Å². The molecule has 3 aromatic rings. The van der Waals surface area contributed by atoms with Gasteiger partial charge in [0.2, 0.25) is 5.91 Å². The molecule has 1 aromatic heterocycles. The topological polar surface area (TPSA) is 75.7 Å². The molecule has 1 N–H and O–H groups in total. The molecule has 0 spiro atoms. The van der Waals surface area contributed by atoms with Gasteiger partial charge in [0.15, 0.2) is 0 Å². The normalized spacial score (nSPS) is 11.5. The molecule has 0 saturated carbocycles. The Morgan fingerprint density at radius 2 is 1.75 bits per heavy atom. The molecule has 1 atom stereocenters. The van der Waals surface area contributed by atoms with Crippen LogP contribution in [0.2, 0.25) is 0 Å². The van der Waals surface area contributed by atoms with Crippen molar-refractivity contribution < 1.29 is 27.9 Å². The van der Waals surface area contributed by atoms with Gasteiger partial charge in [-0.15, -0.1) is 0 Å². The maximum atomic E-state index is 13.5. The van der Waals surface area contributed by atoms with E-state index in [2.05, 4.69) is 5.32 Å². The second-order valence-corrected chi connectivity index (χ2v) is 7.63. The number of amides is 2. The van der Waals surface area contributed by atoms with Crippen molar-refractivity contribution in [3.8, 4) is 0 Å². The van der Waals surface area contributed by atoms with Crippen molar-refractivity contribution in [1.29, 1.82) is 0 Å². The largest absolute Gasteiger partial charge is 0.468 e. The summed E-state index contributed by atoms with van der Waals surface area (Å²) >= 11 is 1.33. The van der Waals surface area contributed by atoms with Gasteiger partial charge in [0.05, 0.1) is 13.5 Å². The van der Waals surface area contributed by atoms with E-state index in [1.54, 1.807) is 47.2 Å². The first kappa shape index (κ1) is 23.1. The maximum absolute atomic E-state index is 13.5. The molecule has 0 aliphatic heterocycles. The quantitative estimate of drug-likeness (QED) is 0.523. The van der Waals surface area contributed by atoms with Crippen LogP contribution in [0.3, 0.4) is 0 Å². The lowest BCUT2D eigenvalue weighted by Crippen LogP contribution is -2.45. The summed E-state index contributed by atoms with van der Waals surface area (Å²) in [5.74, 6) is -3.39. The molecule has 3 rings (SSSR count). The highest BCUT2D eigenvalue weighted by molar-refractivity contribution is 7.08. The standard InChI is InChI=1S/C23H20F2N2O4S/c1-31-21(29)13-27(19-5-3-2-4-6-19)23(30)22(16-7-8-32-14-16)26-20(28)11-15-9-17(24)12-18(25)10-15/h2-10,12,14,22H,11,13H2,1H3,(H,26,28)/t22-/m0/s1. The first-order chi connectivity index (χ1) is 15.4. The highest BCUT2D eigenvalue weighted by Gasteiger charge is 2.30. The summed E-state index contributed by atoms with van der Waals surface area (Å²) in [6.07, 6.45) is -0.328. The Morgan fingerprint density at radius 1 is 1.06 bits per heavy atom. The predicted octanol–water partition coefficient (Wildman–Crippen LogP) is 3.63. The Bertz CT molecular complexity index is 1070. The SMILES string of the molecule is COC(=O)CN(C(=O)[C@@H](NC(=O)Cc1cc(F)cc(F)c1)c1ccsc1)c1ccccc1. The number of hydrogen-bond acceptors (Lipinski definition) is 5. The van der Waals surface area contributed by atoms with Crippen molar-refractivity contribution in [2.75, 3.05) is 18.6 Å². The zero-order chi connectivity index (χ0) is 23.1. The van der Waals surface area contributed by atoms with E-state index in [0.29, 0.717) is 17.3 Å². The molecule has 1 heterocycles. The van der Waals surface area contributed by atoms with Gasteiger partial charge >= 0.3 is 5.97 Å². The van der Waals surface area contributed by atoms with E-state index in [-0.39, 0.29) is 18.5 Å². The average Bonchev–Trinajstić information content (AvgIpc) is 3.29. The number of rotatable bonds is 8. The molecule has 9 heteroatoms. The lowest BCUT2D eigenvalue weighted by atomic mass is 10.1. The third-order valence-corrected chi connectivity index (χ3v) is 5.27. The number of ether oxygens (including phenoxy) is 1. The number of esters is 1. The molecule has 6 nitrogen and oxygen atoms in total. The Labute approximate surface area is 187 Å². The van der Waals surface area contributed by atoms with Crippen molar-refractivity contribution in [1.82, 2.24) is 5.32 Å². The maximum Gasteiger partial charge on any atom is 0.325 e. The van der Waals surface area contributed by atoms with Crippen molar-refractivity contribution in [3.63, 3.8) is 0 Å². The minimum Gasteiger partial charge on any atom is -0.468 e. The molecular weight excluding hydrogens is 438 g/mol. The molecule has 32 heavy (non-hydrogen) atoms. The van der Waals surface area contributed by atoms with Crippen molar-refractivity contribution in [2.24, 2.45) is 0 Å². The number of anilines is 1. The molecule has 0 aliphatic rings. The lowest BCUT2D eigenvalue weighted by Gasteiger charge is -2.27. The molecule has 0 saturated heterocycles. The molecule has 0 fully saturated rings. The zero-order valence-corrected chi connectivity index (χ0v) is 17.9. The van der Waals surface area contributed by atoms with E-state index >= 15 is 0 Å². The van der Waals surface area contributed by atoms with Crippen LogP contribution in [0.4, 0.5) is 14.5 Å². The van der Waals surface area contributed by atoms with Gasteiger partial charge < -0.3 is 10.1 Å². The minimum absolute atomic E-state index is 0.131. The number of thiophene rings is 1. The highest BCUT2D eigenvalue weighted by atomic mass is 32.1. The first-order valence-corrected chi connectivity index (χ1v) is 10.5. The van der Waals surface area contributed by atoms with Gasteiger partial charge in [0.1, 0.15) is 24.2 Å². The van der Waals surface area contributed by atoms with E-state index in [0.717, 1.165) is 12.1 Å². The summed E-state index contributed by atoms with van der Waals surface area (Å²) in [5, 5.41) is 6.07. The van der Waals surface area contributed by atoms with Crippen LogP contribution in [-0.4, -0.2) is 31.4 Å². The first-order valence-electron chi connectivity index (χ1n) is 9.57. The van der Waals surface area contributed by atoms with Crippen LogP contribution in [0, 0.1) is 11.6 Å². The third kappa shape index (κ3) is 5.98. The smallest absolute Gasteiger partial charge is 0.325 e. The van der Waals surface area contributed by atoms with E-state index in [9.17, 15) is 23.2 Å². The molecular formula is C23H20F2N2O4S. The minimum atomic E-state index is -1.11. The second-order valence-electron chi connectivity index (χ2n) is 6.85. The summed E-state index contributed by atoms with van der Waals surface area (Å²) in [7, 11) is 1.21. The molecule has 2 amide bonds. The Morgan fingerprint density at radius 3 is 2.34 bits per heavy atom. The van der Waals surface area contributed by atoms with Crippen LogP contribution in [-0.2, 0) is 25.5 Å². The number of nitrogens with zero attached hydrogens (tertiary/aromatic N) is 1. The van der Waals surface area contributed by atoms with E-state index < -0.39 is 35.5 Å². The molecule has 2 aromatic carbocycles. The van der Waals surface area contributed by atoms with Crippen LogP contribution in [0.5, 0.6) is 0 Å². The third-order valence-electron chi connectivity index (χ3n) is 4.56. The second kappa shape index (κ2) is 10.6. The number of halogens is 2. The van der Waals surface area contributed by atoms with Crippen molar-refractivity contribution in [3.05, 3.63) is 88.1 Å². The number of benzene rings is 2. The summed E-state index contributed by atoms with van der Waals surface area (Å²) in [4.78, 5) is 39.3. The predicted molar refractivity (Wildman–Crippen MR) is 116 cm³/mol. The molecule has 0 bridgehead atoms. The highest BCUT2D eigenvalue weighted by Crippen LogP contribution is 2.23. The fourth-order valence-electron chi connectivity index (χ4n) is 3.09. The lowest BCUT2D eigenvalue weighted by molar-refractivity contribution is -0.140. The Kier molecular flexibility index (Phi) is 7.67. The number of methoxy groups -OCH3 is 1. The Hall–Kier alpha value is -3.59. The molecule has 166 valence electrons. The summed E-state index contributed by atoms with van der Waals surface area (Å²) in [6.45, 7) is -0.356. The van der Waals surface area contributed by atoms with Gasteiger partial charge in [-0.1, -0.05) is 18.2 Å². The van der Waals surface area contributed by atoms with Gasteiger partial charge in [-0.05, 0) is 52.2 Å². The monoisotopic (exact) mass is 458 g/mol. The summed E-state index contributed by atoms with van der Waals surface area (Å²) < 4.78 is 31.6. The van der Waals surface area contributed by atoms with Gasteiger partial charge in [-0.25, -0.2) is 8.78 Å². The summed E-state index contributed by atoms with van der Waals surface area (Å²) in [6, 6.07) is 11.9. The number of carbonyl (C=O) groups excluding carboxylic acids is 3. The number of nitrogens with one attached hydrogen (secondary N) is 1. The van der Waals surface area contributed by atoms with Crippen LogP contribution >= 0.6 is 11.3 Å². The van der Waals surface area contributed by atoms with E-state index in [4.69, 9.17) is 4.74 Å². The van der Waals surface area contributed by atoms with Crippen LogP contribution < -0.4 is 10.2 Å². The fraction of sp³-hybridized carbons (Fsp3) is 0.174. The Balaban J connectivity index is 1.87.